The summed E-state index contributed by atoms with van der Waals surface area (Å²) in [5, 5.41) is 9.45. The van der Waals surface area contributed by atoms with Crippen molar-refractivity contribution in [1.82, 2.24) is 4.90 Å². The molecule has 2 atom stereocenters. The van der Waals surface area contributed by atoms with Crippen LogP contribution in [0.2, 0.25) is 0 Å². The molecule has 0 radical (unpaired) electrons. The summed E-state index contributed by atoms with van der Waals surface area (Å²) in [7, 11) is 2.06. The molecule has 1 N–H and O–H groups in total. The molecule has 0 fully saturated rings. The number of rotatable bonds is 5. The van der Waals surface area contributed by atoms with Crippen molar-refractivity contribution < 1.29 is 5.11 Å². The Hall–Kier alpha value is -0.860. The highest BCUT2D eigenvalue weighted by Crippen LogP contribution is 2.05. The van der Waals surface area contributed by atoms with Crippen LogP contribution in [0.5, 0.6) is 0 Å². The summed E-state index contributed by atoms with van der Waals surface area (Å²) in [4.78, 5) is 2.19. The van der Waals surface area contributed by atoms with E-state index in [0.29, 0.717) is 0 Å². The second kappa shape index (κ2) is 5.89. The lowest BCUT2D eigenvalue weighted by Gasteiger charge is -2.26. The van der Waals surface area contributed by atoms with E-state index in [4.69, 9.17) is 0 Å². The van der Waals surface area contributed by atoms with Crippen LogP contribution < -0.4 is 0 Å². The number of aliphatic hydroxyl groups is 1. The molecule has 1 aromatic rings. The summed E-state index contributed by atoms with van der Waals surface area (Å²) in [6.45, 7) is 4.87. The number of hydrogen-bond acceptors (Lipinski definition) is 2. The molecule has 2 nitrogen and oxygen atoms in total. The largest absolute Gasteiger partial charge is 0.392 e. The van der Waals surface area contributed by atoms with Crippen LogP contribution in [0.15, 0.2) is 30.3 Å². The number of likely N-dealkylation sites (N-methyl/N-ethyl adjacent to an activating group) is 1. The molecule has 0 bridgehead atoms. The fourth-order valence-corrected chi connectivity index (χ4v) is 1.52. The molecule has 1 rings (SSSR count). The van der Waals surface area contributed by atoms with Crippen LogP contribution in [0.3, 0.4) is 0 Å². The molecule has 0 saturated heterocycles. The maximum absolute atomic E-state index is 9.45. The predicted octanol–water partition coefficient (Wildman–Crippen LogP) is 1.93. The first-order chi connectivity index (χ1) is 7.11. The molecule has 0 amide bonds. The Kier molecular flexibility index (Phi) is 4.79. The molecule has 84 valence electrons. The van der Waals surface area contributed by atoms with Crippen molar-refractivity contribution in [1.29, 1.82) is 0 Å². The highest BCUT2D eigenvalue weighted by molar-refractivity contribution is 5.14. The topological polar surface area (TPSA) is 23.5 Å². The SMILES string of the molecule is CC(O)C(C)N(C)CCc1ccccc1. The van der Waals surface area contributed by atoms with Crippen molar-refractivity contribution in [2.45, 2.75) is 32.4 Å². The van der Waals surface area contributed by atoms with Gasteiger partial charge in [-0.3, -0.25) is 0 Å². The van der Waals surface area contributed by atoms with E-state index >= 15 is 0 Å². The molecule has 0 aliphatic carbocycles. The minimum atomic E-state index is -0.272. The van der Waals surface area contributed by atoms with Gasteiger partial charge in [0.15, 0.2) is 0 Å². The van der Waals surface area contributed by atoms with Gasteiger partial charge in [0.05, 0.1) is 6.10 Å². The second-order valence-electron chi connectivity index (χ2n) is 4.20. The van der Waals surface area contributed by atoms with Gasteiger partial charge in [-0.05, 0) is 32.9 Å². The molecule has 2 unspecified atom stereocenters. The van der Waals surface area contributed by atoms with E-state index in [9.17, 15) is 5.11 Å². The number of aliphatic hydroxyl groups excluding tert-OH is 1. The summed E-state index contributed by atoms with van der Waals surface area (Å²) in [6, 6.07) is 10.7. The van der Waals surface area contributed by atoms with Crippen molar-refractivity contribution in [3.63, 3.8) is 0 Å². The zero-order chi connectivity index (χ0) is 11.3. The quantitative estimate of drug-likeness (QED) is 0.797. The zero-order valence-corrected chi connectivity index (χ0v) is 9.85. The molecular weight excluding hydrogens is 186 g/mol. The van der Waals surface area contributed by atoms with E-state index in [1.54, 1.807) is 0 Å². The zero-order valence-electron chi connectivity index (χ0n) is 9.85. The Morgan fingerprint density at radius 2 is 1.80 bits per heavy atom. The maximum Gasteiger partial charge on any atom is 0.0664 e. The second-order valence-corrected chi connectivity index (χ2v) is 4.20. The Morgan fingerprint density at radius 1 is 1.20 bits per heavy atom. The number of hydrogen-bond donors (Lipinski definition) is 1. The standard InChI is InChI=1S/C13H21NO/c1-11(12(2)15)14(3)10-9-13-7-5-4-6-8-13/h4-8,11-12,15H,9-10H2,1-3H3. The smallest absolute Gasteiger partial charge is 0.0664 e. The van der Waals surface area contributed by atoms with E-state index in [1.807, 2.05) is 13.0 Å². The molecule has 0 aliphatic rings. The van der Waals surface area contributed by atoms with Crippen LogP contribution in [0.25, 0.3) is 0 Å². The number of benzene rings is 1. The molecule has 1 aromatic carbocycles. The predicted molar refractivity (Wildman–Crippen MR) is 63.9 cm³/mol. The third-order valence-corrected chi connectivity index (χ3v) is 2.99. The third-order valence-electron chi connectivity index (χ3n) is 2.99. The normalized spacial score (nSPS) is 15.3. The molecule has 0 aliphatic heterocycles. The third kappa shape index (κ3) is 4.02. The number of nitrogens with zero attached hydrogens (tertiary/aromatic N) is 1. The highest BCUT2D eigenvalue weighted by Gasteiger charge is 2.13. The first-order valence-corrected chi connectivity index (χ1v) is 5.53. The summed E-state index contributed by atoms with van der Waals surface area (Å²) in [6.07, 6.45) is 0.764. The van der Waals surface area contributed by atoms with Crippen LogP contribution >= 0.6 is 0 Å². The van der Waals surface area contributed by atoms with Crippen LogP contribution in [-0.2, 0) is 6.42 Å². The van der Waals surface area contributed by atoms with Crippen molar-refractivity contribution >= 4 is 0 Å². The van der Waals surface area contributed by atoms with Gasteiger partial charge in [0.1, 0.15) is 0 Å². The van der Waals surface area contributed by atoms with Gasteiger partial charge < -0.3 is 10.0 Å². The van der Waals surface area contributed by atoms with Gasteiger partial charge in [-0.15, -0.1) is 0 Å². The Bertz CT molecular complexity index is 271. The van der Waals surface area contributed by atoms with E-state index in [-0.39, 0.29) is 12.1 Å². The fourth-order valence-electron chi connectivity index (χ4n) is 1.52. The van der Waals surface area contributed by atoms with Gasteiger partial charge in [0.2, 0.25) is 0 Å². The first-order valence-electron chi connectivity index (χ1n) is 5.53. The van der Waals surface area contributed by atoms with Crippen molar-refractivity contribution in [3.8, 4) is 0 Å². The monoisotopic (exact) mass is 207 g/mol. The average Bonchev–Trinajstić information content (AvgIpc) is 2.26. The molecule has 2 heteroatoms. The summed E-state index contributed by atoms with van der Waals surface area (Å²) in [5.74, 6) is 0. The lowest BCUT2D eigenvalue weighted by Crippen LogP contribution is -2.38. The maximum atomic E-state index is 9.45. The van der Waals surface area contributed by atoms with Crippen molar-refractivity contribution in [2.24, 2.45) is 0 Å². The van der Waals surface area contributed by atoms with Gasteiger partial charge in [0, 0.05) is 12.6 Å². The van der Waals surface area contributed by atoms with Gasteiger partial charge in [-0.1, -0.05) is 30.3 Å². The summed E-state index contributed by atoms with van der Waals surface area (Å²) < 4.78 is 0. The Balaban J connectivity index is 2.37. The van der Waals surface area contributed by atoms with E-state index in [0.717, 1.165) is 13.0 Å². The Morgan fingerprint density at radius 3 is 2.33 bits per heavy atom. The Labute approximate surface area is 92.5 Å². The van der Waals surface area contributed by atoms with E-state index in [2.05, 4.69) is 43.1 Å². The summed E-state index contributed by atoms with van der Waals surface area (Å²) >= 11 is 0. The molecule has 0 heterocycles. The van der Waals surface area contributed by atoms with Crippen LogP contribution in [-0.4, -0.2) is 35.7 Å². The molecule has 0 aromatic heterocycles. The van der Waals surface area contributed by atoms with Crippen LogP contribution in [0.1, 0.15) is 19.4 Å². The van der Waals surface area contributed by atoms with Gasteiger partial charge in [-0.2, -0.15) is 0 Å². The van der Waals surface area contributed by atoms with E-state index in [1.165, 1.54) is 5.56 Å². The fraction of sp³-hybridized carbons (Fsp3) is 0.538. The van der Waals surface area contributed by atoms with Gasteiger partial charge in [-0.25, -0.2) is 0 Å². The van der Waals surface area contributed by atoms with Crippen LogP contribution in [0, 0.1) is 0 Å². The van der Waals surface area contributed by atoms with Crippen LogP contribution in [0.4, 0.5) is 0 Å². The minimum Gasteiger partial charge on any atom is -0.392 e. The first kappa shape index (κ1) is 12.2. The molecule has 0 saturated carbocycles. The lowest BCUT2D eigenvalue weighted by atomic mass is 10.1. The van der Waals surface area contributed by atoms with Gasteiger partial charge >= 0.3 is 0 Å². The lowest BCUT2D eigenvalue weighted by molar-refractivity contribution is 0.0874. The minimum absolute atomic E-state index is 0.216. The summed E-state index contributed by atoms with van der Waals surface area (Å²) in [5.41, 5.74) is 1.35. The average molecular weight is 207 g/mol. The van der Waals surface area contributed by atoms with Crippen molar-refractivity contribution in [3.05, 3.63) is 35.9 Å². The highest BCUT2D eigenvalue weighted by atomic mass is 16.3. The van der Waals surface area contributed by atoms with Gasteiger partial charge in [0.25, 0.3) is 0 Å². The molecule has 15 heavy (non-hydrogen) atoms. The molecule has 0 spiro atoms. The van der Waals surface area contributed by atoms with Crippen molar-refractivity contribution in [2.75, 3.05) is 13.6 Å². The molecular formula is C13H21NO. The van der Waals surface area contributed by atoms with E-state index < -0.39 is 0 Å².